The maximum Gasteiger partial charge on any atom is 0.261 e. The minimum atomic E-state index is -3.50. The van der Waals surface area contributed by atoms with Crippen LogP contribution >= 0.6 is 11.8 Å². The van der Waals surface area contributed by atoms with E-state index in [1.54, 1.807) is 11.8 Å². The number of thioether (sulfide) groups is 1. The third-order valence-corrected chi connectivity index (χ3v) is 6.18. The Balaban J connectivity index is 1.97. The lowest BCUT2D eigenvalue weighted by atomic mass is 10.2. The first-order chi connectivity index (χ1) is 9.19. The number of imidazole rings is 1. The number of hydrogen-bond acceptors (Lipinski definition) is 4. The Morgan fingerprint density at radius 3 is 2.79 bits per heavy atom. The van der Waals surface area contributed by atoms with Crippen molar-refractivity contribution in [3.63, 3.8) is 0 Å². The first-order valence-electron chi connectivity index (χ1n) is 5.86. The predicted molar refractivity (Wildman–Crippen MR) is 74.1 cm³/mol. The first kappa shape index (κ1) is 12.7. The summed E-state index contributed by atoms with van der Waals surface area (Å²) in [4.78, 5) is 6.47. The number of benzene rings is 1. The minimum absolute atomic E-state index is 0.149. The molecule has 1 aliphatic heterocycles. The highest BCUT2D eigenvalue weighted by molar-refractivity contribution is 8.00. The van der Waals surface area contributed by atoms with Crippen LogP contribution in [0, 0.1) is 0 Å². The van der Waals surface area contributed by atoms with Crippen molar-refractivity contribution in [2.45, 2.75) is 10.4 Å². The second-order valence-corrected chi connectivity index (χ2v) is 7.21. The van der Waals surface area contributed by atoms with Crippen LogP contribution in [0.2, 0.25) is 0 Å². The van der Waals surface area contributed by atoms with Gasteiger partial charge < -0.3 is 4.98 Å². The molecule has 1 fully saturated rings. The standard InChI is InChI=1S/C12H13N3O2S2/c16-19(17,11-8-13-9-14-11)15-6-7-18-12(15)10-4-2-1-3-5-10/h1-5,8-9,12H,6-7H2,(H,13,14). The molecule has 0 spiro atoms. The smallest absolute Gasteiger partial charge is 0.261 e. The molecule has 100 valence electrons. The lowest BCUT2D eigenvalue weighted by molar-refractivity contribution is 0.432. The van der Waals surface area contributed by atoms with Crippen LogP contribution in [-0.4, -0.2) is 35.0 Å². The van der Waals surface area contributed by atoms with Crippen LogP contribution in [0.5, 0.6) is 0 Å². The number of nitrogens with zero attached hydrogens (tertiary/aromatic N) is 2. The monoisotopic (exact) mass is 295 g/mol. The van der Waals surface area contributed by atoms with Gasteiger partial charge in [0.15, 0.2) is 5.03 Å². The van der Waals surface area contributed by atoms with E-state index < -0.39 is 10.0 Å². The van der Waals surface area contributed by atoms with E-state index in [9.17, 15) is 8.42 Å². The molecule has 0 saturated carbocycles. The molecule has 1 saturated heterocycles. The van der Waals surface area contributed by atoms with E-state index in [0.717, 1.165) is 11.3 Å². The molecule has 19 heavy (non-hydrogen) atoms. The lowest BCUT2D eigenvalue weighted by Crippen LogP contribution is -2.30. The van der Waals surface area contributed by atoms with Crippen LogP contribution in [0.4, 0.5) is 0 Å². The Bertz CT molecular complexity index is 641. The van der Waals surface area contributed by atoms with E-state index in [1.165, 1.54) is 16.8 Å². The zero-order valence-corrected chi connectivity index (χ0v) is 11.7. The fourth-order valence-corrected chi connectivity index (χ4v) is 5.23. The van der Waals surface area contributed by atoms with Gasteiger partial charge >= 0.3 is 0 Å². The van der Waals surface area contributed by atoms with E-state index in [4.69, 9.17) is 0 Å². The highest BCUT2D eigenvalue weighted by Gasteiger charge is 2.37. The molecule has 1 aliphatic rings. The number of aromatic amines is 1. The van der Waals surface area contributed by atoms with Gasteiger partial charge in [0.25, 0.3) is 10.0 Å². The predicted octanol–water partition coefficient (Wildman–Crippen LogP) is 1.85. The average molecular weight is 295 g/mol. The summed E-state index contributed by atoms with van der Waals surface area (Å²) in [6, 6.07) is 9.69. The molecule has 0 amide bonds. The Labute approximate surface area is 116 Å². The Morgan fingerprint density at radius 2 is 2.11 bits per heavy atom. The van der Waals surface area contributed by atoms with Gasteiger partial charge in [-0.15, -0.1) is 11.8 Å². The summed E-state index contributed by atoms with van der Waals surface area (Å²) in [7, 11) is -3.50. The fourth-order valence-electron chi connectivity index (χ4n) is 2.09. The Hall–Kier alpha value is -1.31. The molecule has 0 aliphatic carbocycles. The van der Waals surface area contributed by atoms with Crippen molar-refractivity contribution in [1.82, 2.24) is 14.3 Å². The normalized spacial score (nSPS) is 20.7. The fraction of sp³-hybridized carbons (Fsp3) is 0.250. The summed E-state index contributed by atoms with van der Waals surface area (Å²) in [5.74, 6) is 0.799. The van der Waals surface area contributed by atoms with Gasteiger partial charge in [0, 0.05) is 12.3 Å². The molecule has 3 rings (SSSR count). The number of rotatable bonds is 3. The number of H-pyrrole nitrogens is 1. The van der Waals surface area contributed by atoms with Crippen LogP contribution in [0.1, 0.15) is 10.9 Å². The summed E-state index contributed by atoms with van der Waals surface area (Å²) >= 11 is 1.64. The Kier molecular flexibility index (Phi) is 3.34. The van der Waals surface area contributed by atoms with Crippen molar-refractivity contribution in [2.24, 2.45) is 0 Å². The molecule has 0 bridgehead atoms. The molecular formula is C12H13N3O2S2. The Morgan fingerprint density at radius 1 is 1.32 bits per heavy atom. The number of nitrogens with one attached hydrogen (secondary N) is 1. The van der Waals surface area contributed by atoms with E-state index in [2.05, 4.69) is 9.97 Å². The first-order valence-corrected chi connectivity index (χ1v) is 8.35. The van der Waals surface area contributed by atoms with Crippen LogP contribution in [0.25, 0.3) is 0 Å². The van der Waals surface area contributed by atoms with Gasteiger partial charge in [0.1, 0.15) is 0 Å². The van der Waals surface area contributed by atoms with Crippen molar-refractivity contribution >= 4 is 21.8 Å². The third-order valence-electron chi connectivity index (χ3n) is 2.99. The lowest BCUT2D eigenvalue weighted by Gasteiger charge is -2.22. The molecule has 5 nitrogen and oxygen atoms in total. The van der Waals surface area contributed by atoms with E-state index in [-0.39, 0.29) is 10.4 Å². The van der Waals surface area contributed by atoms with Crippen LogP contribution in [-0.2, 0) is 10.0 Å². The number of sulfonamides is 1. The molecule has 2 aromatic rings. The van der Waals surface area contributed by atoms with E-state index in [1.807, 2.05) is 30.3 Å². The summed E-state index contributed by atoms with van der Waals surface area (Å²) in [6.07, 6.45) is 2.73. The quantitative estimate of drug-likeness (QED) is 0.938. The highest BCUT2D eigenvalue weighted by Crippen LogP contribution is 2.40. The second kappa shape index (κ2) is 4.99. The van der Waals surface area contributed by atoms with Crippen molar-refractivity contribution < 1.29 is 8.42 Å². The summed E-state index contributed by atoms with van der Waals surface area (Å²) in [6.45, 7) is 0.519. The summed E-state index contributed by atoms with van der Waals surface area (Å²) < 4.78 is 26.6. The molecule has 1 aromatic carbocycles. The second-order valence-electron chi connectivity index (χ2n) is 4.17. The molecular weight excluding hydrogens is 282 g/mol. The van der Waals surface area contributed by atoms with Gasteiger partial charge in [-0.2, -0.15) is 4.31 Å². The minimum Gasteiger partial charge on any atom is -0.335 e. The topological polar surface area (TPSA) is 66.1 Å². The van der Waals surface area contributed by atoms with E-state index >= 15 is 0 Å². The molecule has 1 N–H and O–H groups in total. The van der Waals surface area contributed by atoms with E-state index in [0.29, 0.717) is 6.54 Å². The van der Waals surface area contributed by atoms with Gasteiger partial charge in [0.2, 0.25) is 0 Å². The zero-order valence-electron chi connectivity index (χ0n) is 10.1. The van der Waals surface area contributed by atoms with Gasteiger partial charge in [-0.25, -0.2) is 13.4 Å². The molecule has 0 radical (unpaired) electrons. The molecule has 1 atom stereocenters. The van der Waals surface area contributed by atoms with Crippen molar-refractivity contribution in [3.8, 4) is 0 Å². The van der Waals surface area contributed by atoms with Crippen molar-refractivity contribution in [2.75, 3.05) is 12.3 Å². The third kappa shape index (κ3) is 2.29. The van der Waals surface area contributed by atoms with Gasteiger partial charge in [-0.05, 0) is 5.56 Å². The summed E-state index contributed by atoms with van der Waals surface area (Å²) in [5, 5.41) is -0.00886. The number of hydrogen-bond donors (Lipinski definition) is 1. The molecule has 2 heterocycles. The van der Waals surface area contributed by atoms with Gasteiger partial charge in [-0.1, -0.05) is 30.3 Å². The largest absolute Gasteiger partial charge is 0.335 e. The average Bonchev–Trinajstić information content (AvgIpc) is 3.11. The number of aromatic nitrogens is 2. The molecule has 1 unspecified atom stereocenters. The maximum atomic E-state index is 12.5. The van der Waals surface area contributed by atoms with Crippen LogP contribution in [0.3, 0.4) is 0 Å². The van der Waals surface area contributed by atoms with Gasteiger partial charge in [-0.3, -0.25) is 0 Å². The summed E-state index contributed by atoms with van der Waals surface area (Å²) in [5.41, 5.74) is 1.01. The van der Waals surface area contributed by atoms with Crippen molar-refractivity contribution in [1.29, 1.82) is 0 Å². The highest BCUT2D eigenvalue weighted by atomic mass is 32.2. The van der Waals surface area contributed by atoms with Crippen LogP contribution in [0.15, 0.2) is 47.9 Å². The SMILES string of the molecule is O=S(=O)(c1cnc[nH]1)N1CCSC1c1ccccc1. The van der Waals surface area contributed by atoms with Crippen molar-refractivity contribution in [3.05, 3.63) is 48.4 Å². The van der Waals surface area contributed by atoms with Crippen LogP contribution < -0.4 is 0 Å². The molecule has 1 aromatic heterocycles. The zero-order chi connectivity index (χ0) is 13.3. The molecule has 7 heteroatoms. The van der Waals surface area contributed by atoms with Gasteiger partial charge in [0.05, 0.1) is 17.9 Å². The maximum absolute atomic E-state index is 12.5.